The average Bonchev–Trinajstić information content (AvgIpc) is 3.70. The van der Waals surface area contributed by atoms with Crippen molar-refractivity contribution in [3.63, 3.8) is 0 Å². The predicted octanol–water partition coefficient (Wildman–Crippen LogP) is 8.63. The zero-order chi connectivity index (χ0) is 32.9. The van der Waals surface area contributed by atoms with Crippen LogP contribution in [0.3, 0.4) is 0 Å². The molecule has 0 aliphatic carbocycles. The van der Waals surface area contributed by atoms with E-state index < -0.39 is 5.97 Å². The van der Waals surface area contributed by atoms with E-state index in [0.29, 0.717) is 29.0 Å². The van der Waals surface area contributed by atoms with Crippen molar-refractivity contribution >= 4 is 23.8 Å². The normalized spacial score (nSPS) is 11.4. The first-order valence-corrected chi connectivity index (χ1v) is 15.9. The monoisotopic (exact) mass is 642 g/mol. The van der Waals surface area contributed by atoms with Gasteiger partial charge in [-0.15, -0.1) is 10.2 Å². The Morgan fingerprint density at radius 3 is 2.00 bits per heavy atom. The summed E-state index contributed by atoms with van der Waals surface area (Å²) >= 11 is 1.07. The van der Waals surface area contributed by atoms with Gasteiger partial charge in [-0.2, -0.15) is 0 Å². The second-order valence-electron chi connectivity index (χ2n) is 10.8. The minimum absolute atomic E-state index is 0.111. The lowest BCUT2D eigenvalue weighted by Gasteiger charge is -2.15. The number of nitrogens with zero attached hydrogens (tertiary/aromatic N) is 4. The van der Waals surface area contributed by atoms with Gasteiger partial charge in [0.1, 0.15) is 16.4 Å². The number of aromatic nitrogens is 4. The molecule has 0 fully saturated rings. The Morgan fingerprint density at radius 1 is 0.809 bits per heavy atom. The summed E-state index contributed by atoms with van der Waals surface area (Å²) < 4.78 is 15.0. The Morgan fingerprint density at radius 2 is 1.43 bits per heavy atom. The zero-order valence-electron chi connectivity index (χ0n) is 26.5. The second kappa shape index (κ2) is 13.8. The maximum absolute atomic E-state index is 12.9. The summed E-state index contributed by atoms with van der Waals surface area (Å²) in [4.78, 5) is 13.0. The molecule has 236 valence electrons. The zero-order valence-corrected chi connectivity index (χ0v) is 27.4. The molecule has 0 unspecified atom stereocenters. The van der Waals surface area contributed by atoms with E-state index in [0.717, 1.165) is 56.7 Å². The van der Waals surface area contributed by atoms with Crippen molar-refractivity contribution in [1.82, 2.24) is 19.3 Å². The van der Waals surface area contributed by atoms with Crippen LogP contribution < -0.4 is 9.47 Å². The van der Waals surface area contributed by atoms with Crippen molar-refractivity contribution in [3.8, 4) is 51.1 Å². The molecule has 0 radical (unpaired) electrons. The molecule has 0 saturated heterocycles. The molecular formula is C38H34N4O4S. The van der Waals surface area contributed by atoms with E-state index in [2.05, 4.69) is 64.2 Å². The molecule has 0 aliphatic heterocycles. The number of ether oxygens (including phenoxy) is 2. The lowest BCUT2D eigenvalue weighted by Crippen LogP contribution is -2.03. The van der Waals surface area contributed by atoms with Crippen molar-refractivity contribution in [1.29, 1.82) is 0 Å². The highest BCUT2D eigenvalue weighted by Crippen LogP contribution is 2.39. The van der Waals surface area contributed by atoms with Crippen LogP contribution in [0.15, 0.2) is 119 Å². The second-order valence-corrected chi connectivity index (χ2v) is 11.8. The summed E-state index contributed by atoms with van der Waals surface area (Å²) in [5, 5.41) is 19.9. The topological polar surface area (TPSA) is 91.4 Å². The highest BCUT2D eigenvalue weighted by atomic mass is 32.2. The van der Waals surface area contributed by atoms with Crippen LogP contribution in [0.2, 0.25) is 0 Å². The molecule has 0 aliphatic rings. The number of thioether (sulfide) groups is 1. The van der Waals surface area contributed by atoms with Gasteiger partial charge in [0, 0.05) is 29.4 Å². The van der Waals surface area contributed by atoms with Crippen LogP contribution in [0, 0.1) is 6.92 Å². The van der Waals surface area contributed by atoms with Crippen LogP contribution in [0.25, 0.3) is 45.7 Å². The van der Waals surface area contributed by atoms with Gasteiger partial charge in [-0.25, -0.2) is 4.79 Å². The van der Waals surface area contributed by atoms with E-state index >= 15 is 0 Å². The number of hydrogen-bond donors (Lipinski definition) is 1. The fourth-order valence-corrected chi connectivity index (χ4v) is 6.37. The molecule has 4 aromatic carbocycles. The SMILES string of the molecule is CCn1c(S/C(=C\c2cc(-c3ccccc3)n(-c3ccc(C)cc3)c2-c2ccccc2)C(=O)O)nnc1-c1cc(OC)cc(OC)c1. The van der Waals surface area contributed by atoms with Gasteiger partial charge in [-0.1, -0.05) is 78.4 Å². The fourth-order valence-electron chi connectivity index (χ4n) is 5.49. The summed E-state index contributed by atoms with van der Waals surface area (Å²) in [6.07, 6.45) is 1.73. The van der Waals surface area contributed by atoms with Gasteiger partial charge in [-0.3, -0.25) is 0 Å². The molecule has 8 nitrogen and oxygen atoms in total. The lowest BCUT2D eigenvalue weighted by atomic mass is 10.1. The Bertz CT molecular complexity index is 2030. The van der Waals surface area contributed by atoms with E-state index in [9.17, 15) is 9.90 Å². The number of benzene rings is 4. The third-order valence-corrected chi connectivity index (χ3v) is 8.78. The van der Waals surface area contributed by atoms with Crippen LogP contribution in [-0.4, -0.2) is 44.6 Å². The minimum atomic E-state index is -1.06. The van der Waals surface area contributed by atoms with Crippen molar-refractivity contribution in [2.45, 2.75) is 25.5 Å². The Labute approximate surface area is 277 Å². The number of hydrogen-bond acceptors (Lipinski definition) is 6. The number of carbonyl (C=O) groups is 1. The Hall–Kier alpha value is -5.54. The highest BCUT2D eigenvalue weighted by molar-refractivity contribution is 8.04. The van der Waals surface area contributed by atoms with Crippen LogP contribution in [-0.2, 0) is 11.3 Å². The van der Waals surface area contributed by atoms with Gasteiger partial charge in [-0.05, 0) is 73.1 Å². The van der Waals surface area contributed by atoms with Gasteiger partial charge in [0.25, 0.3) is 0 Å². The average molecular weight is 643 g/mol. The van der Waals surface area contributed by atoms with Gasteiger partial charge in [0.15, 0.2) is 11.0 Å². The first-order valence-electron chi connectivity index (χ1n) is 15.1. The quantitative estimate of drug-likeness (QED) is 0.112. The van der Waals surface area contributed by atoms with E-state index in [-0.39, 0.29) is 4.91 Å². The van der Waals surface area contributed by atoms with Crippen molar-refractivity contribution in [3.05, 3.63) is 125 Å². The van der Waals surface area contributed by atoms with Crippen LogP contribution in [0.5, 0.6) is 11.5 Å². The van der Waals surface area contributed by atoms with E-state index in [1.807, 2.05) is 72.2 Å². The molecule has 1 N–H and O–H groups in total. The molecule has 6 rings (SSSR count). The Kier molecular flexibility index (Phi) is 9.26. The van der Waals surface area contributed by atoms with E-state index in [1.54, 1.807) is 26.4 Å². The number of carboxylic acids is 1. The molecule has 2 aromatic heterocycles. The third-order valence-electron chi connectivity index (χ3n) is 7.78. The first kappa shape index (κ1) is 31.4. The summed E-state index contributed by atoms with van der Waals surface area (Å²) in [6.45, 7) is 4.56. The number of carboxylic acid groups (broad SMARTS) is 1. The van der Waals surface area contributed by atoms with E-state index in [4.69, 9.17) is 9.47 Å². The number of aryl methyl sites for hydroxylation is 1. The molecule has 9 heteroatoms. The van der Waals surface area contributed by atoms with Gasteiger partial charge >= 0.3 is 5.97 Å². The first-order chi connectivity index (χ1) is 22.9. The third kappa shape index (κ3) is 6.57. The van der Waals surface area contributed by atoms with Gasteiger partial charge < -0.3 is 23.7 Å². The molecule has 47 heavy (non-hydrogen) atoms. The van der Waals surface area contributed by atoms with Crippen LogP contribution in [0.4, 0.5) is 0 Å². The van der Waals surface area contributed by atoms with E-state index in [1.165, 1.54) is 0 Å². The van der Waals surface area contributed by atoms with Crippen molar-refractivity contribution in [2.24, 2.45) is 0 Å². The molecule has 2 heterocycles. The summed E-state index contributed by atoms with van der Waals surface area (Å²) in [5.74, 6) is 0.754. The predicted molar refractivity (Wildman–Crippen MR) is 187 cm³/mol. The Balaban J connectivity index is 1.52. The standard InChI is InChI=1S/C38H34N4O4S/c1-5-41-36(29-20-31(45-3)24-32(21-29)46-4)39-40-38(41)47-34(37(43)44)23-28-22-33(26-12-8-6-9-13-26)42(30-18-16-25(2)17-19-30)35(28)27-14-10-7-11-15-27/h6-24H,5H2,1-4H3,(H,43,44)/b34-23-. The van der Waals surface area contributed by atoms with Gasteiger partial charge in [0.2, 0.25) is 0 Å². The largest absolute Gasteiger partial charge is 0.497 e. The molecule has 0 atom stereocenters. The molecule has 6 aromatic rings. The van der Waals surface area contributed by atoms with Gasteiger partial charge in [0.05, 0.1) is 25.6 Å². The van der Waals surface area contributed by atoms with Crippen LogP contribution >= 0.6 is 11.8 Å². The van der Waals surface area contributed by atoms with Crippen LogP contribution in [0.1, 0.15) is 18.1 Å². The molecule has 0 spiro atoms. The lowest BCUT2D eigenvalue weighted by molar-refractivity contribution is -0.131. The number of rotatable bonds is 11. The van der Waals surface area contributed by atoms with Crippen molar-refractivity contribution in [2.75, 3.05) is 14.2 Å². The maximum Gasteiger partial charge on any atom is 0.342 e. The molecular weight excluding hydrogens is 609 g/mol. The summed E-state index contributed by atoms with van der Waals surface area (Å²) in [7, 11) is 3.18. The minimum Gasteiger partial charge on any atom is -0.497 e. The molecule has 0 saturated carbocycles. The number of aliphatic carboxylic acids is 1. The maximum atomic E-state index is 12.9. The summed E-state index contributed by atoms with van der Waals surface area (Å²) in [6, 6.07) is 36.1. The molecule has 0 bridgehead atoms. The highest BCUT2D eigenvalue weighted by Gasteiger charge is 2.23. The summed E-state index contributed by atoms with van der Waals surface area (Å²) in [5.41, 5.74) is 7.44. The smallest absolute Gasteiger partial charge is 0.342 e. The fraction of sp³-hybridized carbons (Fsp3) is 0.132. The van der Waals surface area contributed by atoms with Crippen molar-refractivity contribution < 1.29 is 19.4 Å². The molecule has 0 amide bonds. The number of methoxy groups -OCH3 is 2.